The molecule has 3 aromatic carbocycles. The van der Waals surface area contributed by atoms with Crippen molar-refractivity contribution in [3.05, 3.63) is 95.5 Å². The molecule has 0 radical (unpaired) electrons. The fraction of sp³-hybridized carbons (Fsp3) is 0.0870. The number of aryl methyl sites for hydroxylation is 2. The van der Waals surface area contributed by atoms with Gasteiger partial charge in [-0.2, -0.15) is 0 Å². The Hall–Kier alpha value is -3.18. The molecule has 0 aliphatic carbocycles. The Morgan fingerprint density at radius 3 is 2.29 bits per heavy atom. The number of hydrogen-bond acceptors (Lipinski definition) is 4. The molecular weight excluding hydrogens is 370 g/mol. The molecule has 4 rings (SSSR count). The van der Waals surface area contributed by atoms with Crippen molar-refractivity contribution < 1.29 is 12.8 Å². The Morgan fingerprint density at radius 1 is 0.821 bits per heavy atom. The number of fused-ring (bicyclic) bond motifs is 1. The van der Waals surface area contributed by atoms with Crippen LogP contribution in [-0.2, 0) is 9.84 Å². The van der Waals surface area contributed by atoms with Crippen LogP contribution in [0.4, 0.5) is 5.69 Å². The largest absolute Gasteiger partial charge is 0.437 e. The van der Waals surface area contributed by atoms with Gasteiger partial charge in [-0.15, -0.1) is 0 Å². The molecule has 0 atom stereocenters. The van der Waals surface area contributed by atoms with Crippen molar-refractivity contribution >= 4 is 26.5 Å². The van der Waals surface area contributed by atoms with Gasteiger partial charge in [-0.1, -0.05) is 54.1 Å². The summed E-state index contributed by atoms with van der Waals surface area (Å²) in [5, 5.41) is 0.705. The van der Waals surface area contributed by atoms with Crippen LogP contribution in [-0.4, -0.2) is 8.42 Å². The predicted molar refractivity (Wildman–Crippen MR) is 109 cm³/mol. The van der Waals surface area contributed by atoms with Crippen LogP contribution in [0.2, 0.25) is 0 Å². The van der Waals surface area contributed by atoms with Gasteiger partial charge in [0.15, 0.2) is 0 Å². The number of nitrogens with zero attached hydrogens (tertiary/aromatic N) is 1. The van der Waals surface area contributed by atoms with Crippen LogP contribution in [0.25, 0.3) is 11.0 Å². The molecular formula is C23H19NO3S. The maximum atomic E-state index is 13.3. The fourth-order valence-electron chi connectivity index (χ4n) is 3.09. The Labute approximate surface area is 163 Å². The number of rotatable bonds is 3. The van der Waals surface area contributed by atoms with Gasteiger partial charge in [0.1, 0.15) is 10.5 Å². The second-order valence-corrected chi connectivity index (χ2v) is 8.59. The quantitative estimate of drug-likeness (QED) is 0.489. The van der Waals surface area contributed by atoms with Gasteiger partial charge in [0.25, 0.3) is 0 Å². The van der Waals surface area contributed by atoms with Gasteiger partial charge in [0, 0.05) is 5.39 Å². The van der Waals surface area contributed by atoms with E-state index in [1.165, 1.54) is 0 Å². The van der Waals surface area contributed by atoms with E-state index in [9.17, 15) is 8.42 Å². The summed E-state index contributed by atoms with van der Waals surface area (Å²) in [6.45, 7) is 3.95. The Kier molecular flexibility index (Phi) is 4.61. The maximum Gasteiger partial charge on any atom is 0.239 e. The smallest absolute Gasteiger partial charge is 0.239 e. The highest BCUT2D eigenvalue weighted by Crippen LogP contribution is 2.24. The van der Waals surface area contributed by atoms with Crippen molar-refractivity contribution in [2.24, 2.45) is 4.99 Å². The second-order valence-electron chi connectivity index (χ2n) is 6.67. The molecule has 1 heterocycles. The number of benzene rings is 3. The zero-order chi connectivity index (χ0) is 19.7. The SMILES string of the molecule is Cc1ccc(N=c2oc3ccccc3cc2S(=O)(=O)c2ccccc2)c(C)c1. The molecule has 4 nitrogen and oxygen atoms in total. The average Bonchev–Trinajstić information content (AvgIpc) is 2.70. The van der Waals surface area contributed by atoms with Gasteiger partial charge < -0.3 is 4.42 Å². The average molecular weight is 389 g/mol. The molecule has 1 aromatic heterocycles. The molecule has 0 aliphatic rings. The molecule has 5 heteroatoms. The van der Waals surface area contributed by atoms with E-state index >= 15 is 0 Å². The lowest BCUT2D eigenvalue weighted by Crippen LogP contribution is -2.15. The molecule has 0 fully saturated rings. The van der Waals surface area contributed by atoms with Crippen molar-refractivity contribution in [1.29, 1.82) is 0 Å². The molecule has 0 unspecified atom stereocenters. The maximum absolute atomic E-state index is 13.3. The van der Waals surface area contributed by atoms with Crippen molar-refractivity contribution in [2.45, 2.75) is 23.6 Å². The molecule has 0 saturated heterocycles. The summed E-state index contributed by atoms with van der Waals surface area (Å²) < 4.78 is 32.6. The highest BCUT2D eigenvalue weighted by atomic mass is 32.2. The predicted octanol–water partition coefficient (Wildman–Crippen LogP) is 5.11. The normalized spacial score (nSPS) is 12.4. The van der Waals surface area contributed by atoms with Crippen molar-refractivity contribution in [3.8, 4) is 0 Å². The van der Waals surface area contributed by atoms with Crippen LogP contribution in [0.5, 0.6) is 0 Å². The first-order valence-corrected chi connectivity index (χ1v) is 10.4. The summed E-state index contributed by atoms with van der Waals surface area (Å²) >= 11 is 0. The number of hydrogen-bond donors (Lipinski definition) is 0. The van der Waals surface area contributed by atoms with Gasteiger partial charge in [0.05, 0.1) is 10.6 Å². The highest BCUT2D eigenvalue weighted by Gasteiger charge is 2.22. The van der Waals surface area contributed by atoms with Crippen LogP contribution in [0.1, 0.15) is 11.1 Å². The van der Waals surface area contributed by atoms with Crippen LogP contribution >= 0.6 is 0 Å². The first kappa shape index (κ1) is 18.2. The van der Waals surface area contributed by atoms with Gasteiger partial charge >= 0.3 is 0 Å². The van der Waals surface area contributed by atoms with Crippen LogP contribution in [0, 0.1) is 13.8 Å². The van der Waals surface area contributed by atoms with Crippen molar-refractivity contribution in [3.63, 3.8) is 0 Å². The molecule has 0 spiro atoms. The van der Waals surface area contributed by atoms with Gasteiger partial charge in [-0.25, -0.2) is 13.4 Å². The van der Waals surface area contributed by atoms with E-state index in [0.29, 0.717) is 16.7 Å². The van der Waals surface area contributed by atoms with Crippen molar-refractivity contribution in [1.82, 2.24) is 0 Å². The van der Waals surface area contributed by atoms with Gasteiger partial charge in [-0.05, 0) is 49.7 Å². The zero-order valence-corrected chi connectivity index (χ0v) is 16.4. The first-order chi connectivity index (χ1) is 13.4. The van der Waals surface area contributed by atoms with E-state index in [1.54, 1.807) is 42.5 Å². The van der Waals surface area contributed by atoms with E-state index < -0.39 is 9.84 Å². The number of sulfone groups is 1. The van der Waals surface area contributed by atoms with E-state index in [1.807, 2.05) is 50.2 Å². The summed E-state index contributed by atoms with van der Waals surface area (Å²) in [6.07, 6.45) is 0. The fourth-order valence-corrected chi connectivity index (χ4v) is 4.46. The molecule has 4 aromatic rings. The minimum Gasteiger partial charge on any atom is -0.437 e. The van der Waals surface area contributed by atoms with E-state index in [4.69, 9.17) is 4.42 Å². The molecule has 0 N–H and O–H groups in total. The minimum absolute atomic E-state index is 0.0531. The number of para-hydroxylation sites is 1. The van der Waals surface area contributed by atoms with E-state index in [0.717, 1.165) is 11.1 Å². The van der Waals surface area contributed by atoms with Crippen LogP contribution in [0.15, 0.2) is 98.1 Å². The lowest BCUT2D eigenvalue weighted by molar-refractivity contribution is 0.517. The third-order valence-electron chi connectivity index (χ3n) is 4.54. The lowest BCUT2D eigenvalue weighted by atomic mass is 10.1. The Bertz CT molecular complexity index is 1340. The second kappa shape index (κ2) is 7.09. The Morgan fingerprint density at radius 2 is 1.54 bits per heavy atom. The van der Waals surface area contributed by atoms with Crippen LogP contribution < -0.4 is 5.55 Å². The summed E-state index contributed by atoms with van der Waals surface area (Å²) in [7, 11) is -3.79. The minimum atomic E-state index is -3.79. The molecule has 0 bridgehead atoms. The summed E-state index contributed by atoms with van der Waals surface area (Å²) in [5.74, 6) is 0. The lowest BCUT2D eigenvalue weighted by Gasteiger charge is -2.07. The first-order valence-electron chi connectivity index (χ1n) is 8.90. The van der Waals surface area contributed by atoms with Crippen molar-refractivity contribution in [2.75, 3.05) is 0 Å². The van der Waals surface area contributed by atoms with E-state index in [2.05, 4.69) is 4.99 Å². The topological polar surface area (TPSA) is 59.6 Å². The molecule has 140 valence electrons. The third-order valence-corrected chi connectivity index (χ3v) is 6.30. The molecule has 0 saturated carbocycles. The summed E-state index contributed by atoms with van der Waals surface area (Å²) in [6, 6.07) is 23.1. The van der Waals surface area contributed by atoms with Gasteiger partial charge in [0.2, 0.25) is 15.4 Å². The molecule has 0 amide bonds. The summed E-state index contributed by atoms with van der Waals surface area (Å²) in [4.78, 5) is 4.84. The monoisotopic (exact) mass is 389 g/mol. The van der Waals surface area contributed by atoms with Crippen LogP contribution in [0.3, 0.4) is 0 Å². The van der Waals surface area contributed by atoms with E-state index in [-0.39, 0.29) is 15.3 Å². The third kappa shape index (κ3) is 3.37. The standard InChI is InChI=1S/C23H19NO3S/c1-16-12-13-20(17(2)14-16)24-23-22(15-18-8-6-7-11-21(18)27-23)28(25,26)19-9-4-3-5-10-19/h3-15H,1-2H3. The van der Waals surface area contributed by atoms with Gasteiger partial charge in [-0.3, -0.25) is 0 Å². The zero-order valence-electron chi connectivity index (χ0n) is 15.6. The highest BCUT2D eigenvalue weighted by molar-refractivity contribution is 7.91. The molecule has 28 heavy (non-hydrogen) atoms. The molecule has 0 aliphatic heterocycles. The summed E-state index contributed by atoms with van der Waals surface area (Å²) in [5.41, 5.74) is 3.40. The Balaban J connectivity index is 2.05.